The minimum absolute atomic E-state index is 0.00697. The first kappa shape index (κ1) is 35.1. The number of alkyl halides is 1. The number of rotatable bonds is 23. The number of unbranched alkanes of at least 4 members (excludes halogenated alkanes) is 11. The molecule has 0 aliphatic rings. The summed E-state index contributed by atoms with van der Waals surface area (Å²) in [7, 11) is -1.95. The van der Waals surface area contributed by atoms with Crippen LogP contribution in [0.4, 0.5) is 0 Å². The fourth-order valence-corrected chi connectivity index (χ4v) is 11.7. The Morgan fingerprint density at radius 2 is 1.20 bits per heavy atom. The van der Waals surface area contributed by atoms with Crippen LogP contribution in [0.15, 0.2) is 12.2 Å². The van der Waals surface area contributed by atoms with Crippen molar-refractivity contribution in [2.45, 2.75) is 161 Å². The molecule has 0 rings (SSSR count). The third-order valence-corrected chi connectivity index (χ3v) is 14.5. The molecule has 0 bridgehead atoms. The van der Waals surface area contributed by atoms with Crippen LogP contribution >= 0.6 is 22.6 Å². The Labute approximate surface area is 234 Å². The van der Waals surface area contributed by atoms with E-state index in [1.54, 1.807) is 0 Å². The van der Waals surface area contributed by atoms with E-state index in [0.29, 0.717) is 29.7 Å². The Balaban J connectivity index is 3.94. The van der Waals surface area contributed by atoms with E-state index >= 15 is 0 Å². The predicted molar refractivity (Wildman–Crippen MR) is 165 cm³/mol. The molecule has 0 aromatic carbocycles. The second-order valence-electron chi connectivity index (χ2n) is 11.2. The van der Waals surface area contributed by atoms with Gasteiger partial charge in [0.2, 0.25) is 8.32 Å². The summed E-state index contributed by atoms with van der Waals surface area (Å²) in [5.41, 5.74) is 1.62. The Hall–Kier alpha value is 0.117. The zero-order chi connectivity index (χ0) is 26.5. The maximum Gasteiger partial charge on any atom is 0.305 e. The maximum atomic E-state index is 12.3. The van der Waals surface area contributed by atoms with Crippen molar-refractivity contribution in [3.05, 3.63) is 12.2 Å². The van der Waals surface area contributed by atoms with Gasteiger partial charge in [0.05, 0.1) is 6.10 Å². The molecule has 5 heteroatoms. The van der Waals surface area contributed by atoms with E-state index < -0.39 is 8.32 Å². The molecule has 3 nitrogen and oxygen atoms in total. The normalized spacial score (nSPS) is 13.5. The maximum absolute atomic E-state index is 12.3. The van der Waals surface area contributed by atoms with Gasteiger partial charge in [-0.1, -0.05) is 135 Å². The van der Waals surface area contributed by atoms with Crippen molar-refractivity contribution in [2.75, 3.05) is 11.0 Å². The van der Waals surface area contributed by atoms with Gasteiger partial charge in [-0.25, -0.2) is 0 Å². The van der Waals surface area contributed by atoms with Crippen molar-refractivity contribution in [1.82, 2.24) is 0 Å². The van der Waals surface area contributed by atoms with Crippen molar-refractivity contribution in [3.8, 4) is 0 Å². The van der Waals surface area contributed by atoms with Crippen LogP contribution in [0.3, 0.4) is 0 Å². The summed E-state index contributed by atoms with van der Waals surface area (Å²) < 4.78 is 13.3. The third kappa shape index (κ3) is 15.9. The van der Waals surface area contributed by atoms with Crippen LogP contribution in [0.5, 0.6) is 0 Å². The van der Waals surface area contributed by atoms with Gasteiger partial charge in [0.25, 0.3) is 0 Å². The molecular formula is C30H59IO3Si. The van der Waals surface area contributed by atoms with E-state index in [9.17, 15) is 4.79 Å². The molecule has 0 unspecified atom stereocenters. The van der Waals surface area contributed by atoms with Gasteiger partial charge in [-0.3, -0.25) is 4.79 Å². The quantitative estimate of drug-likeness (QED) is 0.0284. The zero-order valence-corrected chi connectivity index (χ0v) is 27.5. The molecule has 208 valence electrons. The Morgan fingerprint density at radius 1 is 0.743 bits per heavy atom. The molecule has 1 atom stereocenters. The molecule has 0 heterocycles. The molecule has 0 aromatic heterocycles. The molecule has 0 aromatic rings. The Morgan fingerprint density at radius 3 is 1.66 bits per heavy atom. The summed E-state index contributed by atoms with van der Waals surface area (Å²) in [6.07, 6.45) is 21.8. The fourth-order valence-electron chi connectivity index (χ4n) is 5.41. The summed E-state index contributed by atoms with van der Waals surface area (Å²) in [5, 5.41) is 0. The first-order chi connectivity index (χ1) is 16.7. The first-order valence-corrected chi connectivity index (χ1v) is 18.4. The molecule has 0 aliphatic carbocycles. The van der Waals surface area contributed by atoms with Gasteiger partial charge in [-0.2, -0.15) is 0 Å². The molecule has 0 radical (unpaired) electrons. The van der Waals surface area contributed by atoms with E-state index in [1.165, 1.54) is 70.6 Å². The molecule has 0 spiro atoms. The van der Waals surface area contributed by atoms with Crippen molar-refractivity contribution < 1.29 is 14.0 Å². The summed E-state index contributed by atoms with van der Waals surface area (Å²) in [4.78, 5) is 12.3. The Kier molecular flexibility index (Phi) is 22.2. The van der Waals surface area contributed by atoms with Crippen molar-refractivity contribution in [3.63, 3.8) is 0 Å². The lowest BCUT2D eigenvalue weighted by atomic mass is 10.1. The number of esters is 1. The molecular weight excluding hydrogens is 563 g/mol. The molecule has 35 heavy (non-hydrogen) atoms. The Bertz CT molecular complexity index is 512. The van der Waals surface area contributed by atoms with Crippen LogP contribution in [0.1, 0.15) is 138 Å². The molecule has 0 amide bonds. The van der Waals surface area contributed by atoms with Crippen molar-refractivity contribution >= 4 is 36.9 Å². The average molecular weight is 623 g/mol. The van der Waals surface area contributed by atoms with Gasteiger partial charge < -0.3 is 9.16 Å². The highest BCUT2D eigenvalue weighted by atomic mass is 127. The molecule has 0 saturated carbocycles. The summed E-state index contributed by atoms with van der Waals surface area (Å²) in [5.74, 6) is -0.0630. The second kappa shape index (κ2) is 22.1. The van der Waals surface area contributed by atoms with Gasteiger partial charge in [0, 0.05) is 10.8 Å². The van der Waals surface area contributed by atoms with Gasteiger partial charge in [0.1, 0.15) is 6.61 Å². The number of halogens is 1. The van der Waals surface area contributed by atoms with Gasteiger partial charge >= 0.3 is 5.97 Å². The smallest absolute Gasteiger partial charge is 0.305 e. The van der Waals surface area contributed by atoms with Gasteiger partial charge in [-0.05, 0) is 48.7 Å². The first-order valence-electron chi connectivity index (χ1n) is 14.8. The van der Waals surface area contributed by atoms with Crippen LogP contribution in [-0.4, -0.2) is 31.4 Å². The lowest BCUT2D eigenvalue weighted by Gasteiger charge is -2.44. The lowest BCUT2D eigenvalue weighted by Crippen LogP contribution is -2.51. The van der Waals surface area contributed by atoms with Crippen LogP contribution < -0.4 is 0 Å². The van der Waals surface area contributed by atoms with E-state index in [4.69, 9.17) is 9.16 Å². The molecule has 0 fully saturated rings. The average Bonchev–Trinajstić information content (AvgIpc) is 2.81. The SMILES string of the molecule is CCCCCCCC/C=C\CCCCCCCC(=O)OC[C@@H](CI)O[Si](C(C)C)(C(C)C)C(C)C. The van der Waals surface area contributed by atoms with Crippen LogP contribution in [0.25, 0.3) is 0 Å². The minimum atomic E-state index is -1.95. The zero-order valence-electron chi connectivity index (χ0n) is 24.4. The van der Waals surface area contributed by atoms with Crippen LogP contribution in [0, 0.1) is 0 Å². The number of allylic oxidation sites excluding steroid dienone is 2. The van der Waals surface area contributed by atoms with E-state index in [1.807, 2.05) is 0 Å². The van der Waals surface area contributed by atoms with Crippen LogP contribution in [-0.2, 0) is 14.0 Å². The number of ether oxygens (including phenoxy) is 1. The lowest BCUT2D eigenvalue weighted by molar-refractivity contribution is -0.146. The number of hydrogen-bond donors (Lipinski definition) is 0. The largest absolute Gasteiger partial charge is 0.463 e. The second-order valence-corrected chi connectivity index (χ2v) is 17.5. The van der Waals surface area contributed by atoms with E-state index in [0.717, 1.165) is 17.3 Å². The summed E-state index contributed by atoms with van der Waals surface area (Å²) >= 11 is 2.37. The fraction of sp³-hybridized carbons (Fsp3) is 0.900. The highest BCUT2D eigenvalue weighted by Gasteiger charge is 2.46. The van der Waals surface area contributed by atoms with E-state index in [-0.39, 0.29) is 12.1 Å². The highest BCUT2D eigenvalue weighted by molar-refractivity contribution is 14.1. The van der Waals surface area contributed by atoms with Gasteiger partial charge in [-0.15, -0.1) is 0 Å². The number of hydrogen-bond acceptors (Lipinski definition) is 3. The minimum Gasteiger partial charge on any atom is -0.463 e. The van der Waals surface area contributed by atoms with Gasteiger partial charge in [0.15, 0.2) is 0 Å². The summed E-state index contributed by atoms with van der Waals surface area (Å²) in [6.45, 7) is 16.5. The summed E-state index contributed by atoms with van der Waals surface area (Å²) in [6, 6.07) is 0. The third-order valence-electron chi connectivity index (χ3n) is 7.32. The highest BCUT2D eigenvalue weighted by Crippen LogP contribution is 2.43. The predicted octanol–water partition coefficient (Wildman–Crippen LogP) is 10.6. The topological polar surface area (TPSA) is 35.5 Å². The van der Waals surface area contributed by atoms with Crippen molar-refractivity contribution in [2.24, 2.45) is 0 Å². The van der Waals surface area contributed by atoms with Crippen LogP contribution in [0.2, 0.25) is 16.6 Å². The van der Waals surface area contributed by atoms with E-state index in [2.05, 4.69) is 83.2 Å². The number of carbonyl (C=O) groups excluding carboxylic acids is 1. The molecule has 0 aliphatic heterocycles. The monoisotopic (exact) mass is 622 g/mol. The van der Waals surface area contributed by atoms with Crippen molar-refractivity contribution in [1.29, 1.82) is 0 Å². The molecule has 0 N–H and O–H groups in total. The standard InChI is InChI=1S/C30H59IO3Si/c1-8-9-10-11-12-13-14-15-16-17-18-19-20-21-22-23-30(32)33-25-29(24-31)34-35(26(2)3,27(4)5)28(6)7/h15-16,26-29H,8-14,17-25H2,1-7H3/b16-15-/t29-/m1/s1. The number of carbonyl (C=O) groups is 1. The molecule has 0 saturated heterocycles.